The van der Waals surface area contributed by atoms with Crippen LogP contribution in [0.1, 0.15) is 32.8 Å². The van der Waals surface area contributed by atoms with Crippen LogP contribution in [0.25, 0.3) is 0 Å². The van der Waals surface area contributed by atoms with Crippen molar-refractivity contribution in [3.8, 4) is 0 Å². The minimum Gasteiger partial charge on any atom is -0.460 e. The minimum atomic E-state index is -1.07. The summed E-state index contributed by atoms with van der Waals surface area (Å²) in [7, 11) is -1.07. The van der Waals surface area contributed by atoms with Crippen molar-refractivity contribution in [2.45, 2.75) is 38.5 Å². The normalized spacial score (nSPS) is 13.1. The van der Waals surface area contributed by atoms with E-state index in [4.69, 9.17) is 16.3 Å². The van der Waals surface area contributed by atoms with Crippen LogP contribution in [0.5, 0.6) is 0 Å². The second-order valence-electron chi connectivity index (χ2n) is 5.25. The first-order valence-corrected chi connectivity index (χ1v) is 7.94. The number of halogens is 1. The topological polar surface area (TPSA) is 43.4 Å². The number of carbonyl (C=O) groups excluding carboxylic acids is 1. The molecule has 0 heterocycles. The Balaban J connectivity index is 2.36. The fraction of sp³-hybridized carbons (Fsp3) is 0.500. The van der Waals surface area contributed by atoms with Gasteiger partial charge in [-0.15, -0.1) is 0 Å². The number of ether oxygens (including phenoxy) is 1. The average molecular weight is 303 g/mol. The van der Waals surface area contributed by atoms with Crippen molar-refractivity contribution in [2.24, 2.45) is 0 Å². The zero-order chi connectivity index (χ0) is 14.5. The molecule has 0 saturated carbocycles. The number of hydrogen-bond acceptors (Lipinski definition) is 3. The molecule has 1 rings (SSSR count). The summed E-state index contributed by atoms with van der Waals surface area (Å²) in [5.41, 5.74) is 0.460. The van der Waals surface area contributed by atoms with Gasteiger partial charge in [0.2, 0.25) is 0 Å². The molecule has 1 atom stereocenters. The highest BCUT2D eigenvalue weighted by Crippen LogP contribution is 2.12. The van der Waals surface area contributed by atoms with E-state index in [9.17, 15) is 9.00 Å². The van der Waals surface area contributed by atoms with E-state index in [1.807, 2.05) is 32.9 Å². The molecule has 106 valence electrons. The van der Waals surface area contributed by atoms with Gasteiger partial charge < -0.3 is 4.74 Å². The first kappa shape index (κ1) is 16.2. The molecule has 3 nitrogen and oxygen atoms in total. The summed E-state index contributed by atoms with van der Waals surface area (Å²) in [4.78, 5) is 11.5. The smallest absolute Gasteiger partial charge is 0.307 e. The minimum absolute atomic E-state index is 0.178. The van der Waals surface area contributed by atoms with Gasteiger partial charge >= 0.3 is 5.97 Å². The molecule has 0 aliphatic carbocycles. The second kappa shape index (κ2) is 7.06. The highest BCUT2D eigenvalue weighted by Gasteiger charge is 2.16. The molecule has 0 aliphatic rings. The van der Waals surface area contributed by atoms with Crippen molar-refractivity contribution < 1.29 is 13.7 Å². The number of rotatable bonds is 5. The highest BCUT2D eigenvalue weighted by atomic mass is 35.5. The molecule has 0 fully saturated rings. The number of carbonyl (C=O) groups is 1. The van der Waals surface area contributed by atoms with Crippen LogP contribution in [-0.4, -0.2) is 21.5 Å². The van der Waals surface area contributed by atoms with Gasteiger partial charge in [-0.2, -0.15) is 0 Å². The molecule has 0 N–H and O–H groups in total. The molecule has 0 amide bonds. The first-order chi connectivity index (χ1) is 8.76. The summed E-state index contributed by atoms with van der Waals surface area (Å²) in [6, 6.07) is 7.21. The Morgan fingerprint density at radius 3 is 2.37 bits per heavy atom. The predicted molar refractivity (Wildman–Crippen MR) is 78.6 cm³/mol. The van der Waals surface area contributed by atoms with E-state index in [1.54, 1.807) is 12.1 Å². The fourth-order valence-electron chi connectivity index (χ4n) is 1.43. The quantitative estimate of drug-likeness (QED) is 0.784. The molecule has 1 aromatic rings. The van der Waals surface area contributed by atoms with Crippen LogP contribution < -0.4 is 0 Å². The van der Waals surface area contributed by atoms with Crippen LogP contribution in [0.4, 0.5) is 0 Å². The molecule has 0 saturated heterocycles. The van der Waals surface area contributed by atoms with Crippen LogP contribution in [-0.2, 0) is 26.1 Å². The van der Waals surface area contributed by atoms with Gasteiger partial charge in [0, 0.05) is 27.3 Å². The Morgan fingerprint density at radius 1 is 1.26 bits per heavy atom. The Hall–Kier alpha value is -0.870. The molecule has 5 heteroatoms. The summed E-state index contributed by atoms with van der Waals surface area (Å²) in [6.07, 6.45) is 0.178. The van der Waals surface area contributed by atoms with E-state index >= 15 is 0 Å². The SMILES string of the molecule is CC(C)(C)OC(=O)CCS(=O)Cc1ccc(Cl)cc1. The lowest BCUT2D eigenvalue weighted by Crippen LogP contribution is -2.24. The predicted octanol–water partition coefficient (Wildman–Crippen LogP) is 3.32. The number of hydrogen-bond donors (Lipinski definition) is 0. The van der Waals surface area contributed by atoms with Crippen LogP contribution in [0.3, 0.4) is 0 Å². The van der Waals surface area contributed by atoms with Crippen LogP contribution in [0.15, 0.2) is 24.3 Å². The van der Waals surface area contributed by atoms with Crippen LogP contribution in [0.2, 0.25) is 5.02 Å². The van der Waals surface area contributed by atoms with Gasteiger partial charge in [-0.05, 0) is 38.5 Å². The van der Waals surface area contributed by atoms with Crippen LogP contribution in [0, 0.1) is 0 Å². The van der Waals surface area contributed by atoms with Gasteiger partial charge in [0.05, 0.1) is 6.42 Å². The summed E-state index contributed by atoms with van der Waals surface area (Å²) >= 11 is 5.78. The Morgan fingerprint density at radius 2 is 1.84 bits per heavy atom. The second-order valence-corrected chi connectivity index (χ2v) is 7.26. The Bertz CT molecular complexity index is 449. The lowest BCUT2D eigenvalue weighted by Gasteiger charge is -2.19. The summed E-state index contributed by atoms with van der Waals surface area (Å²) in [6.45, 7) is 5.45. The molecule has 0 spiro atoms. The lowest BCUT2D eigenvalue weighted by atomic mass is 10.2. The summed E-state index contributed by atoms with van der Waals surface area (Å²) < 4.78 is 17.0. The fourth-order valence-corrected chi connectivity index (χ4v) is 2.66. The Kier molecular flexibility index (Phi) is 6.01. The molecular weight excluding hydrogens is 284 g/mol. The van der Waals surface area contributed by atoms with E-state index in [0.717, 1.165) is 5.56 Å². The number of esters is 1. The summed E-state index contributed by atoms with van der Waals surface area (Å²) in [5.74, 6) is 0.439. The van der Waals surface area contributed by atoms with Gasteiger partial charge in [0.25, 0.3) is 0 Å². The third-order valence-electron chi connectivity index (χ3n) is 2.19. The first-order valence-electron chi connectivity index (χ1n) is 6.07. The zero-order valence-corrected chi connectivity index (χ0v) is 13.0. The van der Waals surface area contributed by atoms with Crippen molar-refractivity contribution in [3.63, 3.8) is 0 Å². The molecule has 0 bridgehead atoms. The molecule has 0 aromatic heterocycles. The van der Waals surface area contributed by atoms with Gasteiger partial charge in [0.15, 0.2) is 0 Å². The summed E-state index contributed by atoms with van der Waals surface area (Å²) in [5, 5.41) is 0.656. The van der Waals surface area contributed by atoms with E-state index in [2.05, 4.69) is 0 Å². The third-order valence-corrected chi connectivity index (χ3v) is 3.76. The van der Waals surface area contributed by atoms with Gasteiger partial charge in [-0.25, -0.2) is 0 Å². The molecule has 0 aliphatic heterocycles. The van der Waals surface area contributed by atoms with Gasteiger partial charge in [0.1, 0.15) is 5.60 Å². The highest BCUT2D eigenvalue weighted by molar-refractivity contribution is 7.84. The largest absolute Gasteiger partial charge is 0.460 e. The van der Waals surface area contributed by atoms with E-state index in [-0.39, 0.29) is 12.4 Å². The molecule has 19 heavy (non-hydrogen) atoms. The van der Waals surface area contributed by atoms with E-state index in [0.29, 0.717) is 16.5 Å². The maximum atomic E-state index is 11.8. The maximum Gasteiger partial charge on any atom is 0.307 e. The van der Waals surface area contributed by atoms with Crippen molar-refractivity contribution in [3.05, 3.63) is 34.9 Å². The molecular formula is C14H19ClO3S. The maximum absolute atomic E-state index is 11.8. The van der Waals surface area contributed by atoms with Gasteiger partial charge in [-0.1, -0.05) is 23.7 Å². The van der Waals surface area contributed by atoms with Crippen LogP contribution >= 0.6 is 11.6 Å². The van der Waals surface area contributed by atoms with Gasteiger partial charge in [-0.3, -0.25) is 9.00 Å². The van der Waals surface area contributed by atoms with Crippen molar-refractivity contribution >= 4 is 28.4 Å². The third kappa shape index (κ3) is 7.33. The zero-order valence-electron chi connectivity index (χ0n) is 11.4. The van der Waals surface area contributed by atoms with E-state index in [1.165, 1.54) is 0 Å². The van der Waals surface area contributed by atoms with Crippen molar-refractivity contribution in [2.75, 3.05) is 5.75 Å². The molecule has 0 radical (unpaired) electrons. The van der Waals surface area contributed by atoms with E-state index < -0.39 is 16.4 Å². The van der Waals surface area contributed by atoms with Crippen molar-refractivity contribution in [1.82, 2.24) is 0 Å². The standard InChI is InChI=1S/C14H19ClO3S/c1-14(2,3)18-13(16)8-9-19(17)10-11-4-6-12(15)7-5-11/h4-7H,8-10H2,1-3H3. The Labute approximate surface area is 121 Å². The monoisotopic (exact) mass is 302 g/mol. The van der Waals surface area contributed by atoms with Crippen molar-refractivity contribution in [1.29, 1.82) is 0 Å². The molecule has 1 aromatic carbocycles. The lowest BCUT2D eigenvalue weighted by molar-refractivity contribution is -0.154. The number of benzene rings is 1. The average Bonchev–Trinajstić information content (AvgIpc) is 2.27. The molecule has 1 unspecified atom stereocenters.